The third kappa shape index (κ3) is 5.04. The summed E-state index contributed by atoms with van der Waals surface area (Å²) >= 11 is 0. The lowest BCUT2D eigenvalue weighted by atomic mass is 9.95. The summed E-state index contributed by atoms with van der Waals surface area (Å²) in [6, 6.07) is 71.7. The molecule has 0 bridgehead atoms. The monoisotopic (exact) mass is 663 g/mol. The van der Waals surface area contributed by atoms with Crippen LogP contribution in [0.5, 0.6) is 0 Å². The molecule has 10 rings (SSSR count). The number of para-hydroxylation sites is 2. The molecule has 244 valence electrons. The molecule has 1 aromatic heterocycles. The van der Waals surface area contributed by atoms with Crippen LogP contribution in [-0.4, -0.2) is 0 Å². The normalized spacial score (nSPS) is 11.5. The largest absolute Gasteiger partial charge is 0.456 e. The van der Waals surface area contributed by atoms with Crippen LogP contribution >= 0.6 is 0 Å². The van der Waals surface area contributed by atoms with Gasteiger partial charge in [-0.3, -0.25) is 0 Å². The standard InChI is InChI=1S/C50H33NO/c1-3-16-40-34(12-1)14-9-20-42(40)36-26-28-38(29-27-36)44-18-5-7-22-46(44)51(47-23-11-25-49-50(47)45-19-6-8-24-48(45)52-49)39-32-30-37(31-33-39)43-21-10-15-35-13-2-4-17-41(35)43/h1-33H. The third-order valence-electron chi connectivity index (χ3n) is 10.3. The van der Waals surface area contributed by atoms with Gasteiger partial charge in [-0.05, 0) is 85.8 Å². The molecule has 9 aromatic carbocycles. The van der Waals surface area contributed by atoms with Gasteiger partial charge in [0, 0.05) is 16.6 Å². The summed E-state index contributed by atoms with van der Waals surface area (Å²) in [4.78, 5) is 2.39. The highest BCUT2D eigenvalue weighted by molar-refractivity contribution is 6.14. The Balaban J connectivity index is 1.14. The summed E-state index contributed by atoms with van der Waals surface area (Å²) in [6.07, 6.45) is 0. The minimum Gasteiger partial charge on any atom is -0.456 e. The van der Waals surface area contributed by atoms with Crippen LogP contribution in [0.2, 0.25) is 0 Å². The number of rotatable bonds is 6. The number of benzene rings is 9. The van der Waals surface area contributed by atoms with Crippen molar-refractivity contribution in [2.45, 2.75) is 0 Å². The molecular weight excluding hydrogens is 631 g/mol. The molecule has 0 unspecified atom stereocenters. The Kier molecular flexibility index (Phi) is 7.18. The molecule has 0 aliphatic heterocycles. The number of nitrogens with zero attached hydrogens (tertiary/aromatic N) is 1. The highest BCUT2D eigenvalue weighted by Gasteiger charge is 2.22. The van der Waals surface area contributed by atoms with Crippen LogP contribution in [0, 0.1) is 0 Å². The Labute approximate surface area is 302 Å². The lowest BCUT2D eigenvalue weighted by Crippen LogP contribution is -2.11. The molecular formula is C50H33NO. The molecule has 0 saturated carbocycles. The van der Waals surface area contributed by atoms with Gasteiger partial charge in [-0.25, -0.2) is 0 Å². The van der Waals surface area contributed by atoms with Crippen LogP contribution in [0.1, 0.15) is 0 Å². The van der Waals surface area contributed by atoms with Crippen molar-refractivity contribution in [1.82, 2.24) is 0 Å². The van der Waals surface area contributed by atoms with E-state index in [9.17, 15) is 0 Å². The molecule has 0 aliphatic carbocycles. The first kappa shape index (κ1) is 30.0. The second-order valence-electron chi connectivity index (χ2n) is 13.3. The van der Waals surface area contributed by atoms with Crippen LogP contribution in [0.3, 0.4) is 0 Å². The molecule has 2 heteroatoms. The van der Waals surface area contributed by atoms with E-state index in [4.69, 9.17) is 4.42 Å². The van der Waals surface area contributed by atoms with Crippen molar-refractivity contribution in [1.29, 1.82) is 0 Å². The fraction of sp³-hybridized carbons (Fsp3) is 0. The van der Waals surface area contributed by atoms with Gasteiger partial charge in [-0.2, -0.15) is 0 Å². The van der Waals surface area contributed by atoms with Crippen molar-refractivity contribution in [3.05, 3.63) is 200 Å². The number of anilines is 3. The third-order valence-corrected chi connectivity index (χ3v) is 10.3. The number of hydrogen-bond acceptors (Lipinski definition) is 2. The highest BCUT2D eigenvalue weighted by atomic mass is 16.3. The summed E-state index contributed by atoms with van der Waals surface area (Å²) in [5.41, 5.74) is 12.1. The molecule has 0 aliphatic rings. The van der Waals surface area contributed by atoms with Crippen LogP contribution in [-0.2, 0) is 0 Å². The Morgan fingerprint density at radius 2 is 0.750 bits per heavy atom. The van der Waals surface area contributed by atoms with Crippen molar-refractivity contribution in [3.8, 4) is 33.4 Å². The van der Waals surface area contributed by atoms with E-state index in [1.165, 1.54) is 43.8 Å². The van der Waals surface area contributed by atoms with Gasteiger partial charge in [0.15, 0.2) is 0 Å². The molecule has 52 heavy (non-hydrogen) atoms. The second kappa shape index (κ2) is 12.5. The summed E-state index contributed by atoms with van der Waals surface area (Å²) in [5.74, 6) is 0. The highest BCUT2D eigenvalue weighted by Crippen LogP contribution is 2.46. The van der Waals surface area contributed by atoms with Gasteiger partial charge >= 0.3 is 0 Å². The van der Waals surface area contributed by atoms with Crippen LogP contribution in [0.15, 0.2) is 205 Å². The number of furan rings is 1. The maximum absolute atomic E-state index is 6.41. The van der Waals surface area contributed by atoms with Crippen LogP contribution in [0.4, 0.5) is 17.1 Å². The van der Waals surface area contributed by atoms with E-state index in [2.05, 4.69) is 193 Å². The van der Waals surface area contributed by atoms with Crippen molar-refractivity contribution in [2.75, 3.05) is 4.90 Å². The summed E-state index contributed by atoms with van der Waals surface area (Å²) < 4.78 is 6.41. The molecule has 0 atom stereocenters. The maximum atomic E-state index is 6.41. The van der Waals surface area contributed by atoms with Gasteiger partial charge in [0.25, 0.3) is 0 Å². The molecule has 0 spiro atoms. The van der Waals surface area contributed by atoms with Gasteiger partial charge in [0.1, 0.15) is 11.2 Å². The fourth-order valence-electron chi connectivity index (χ4n) is 7.84. The van der Waals surface area contributed by atoms with E-state index in [1.807, 2.05) is 12.1 Å². The predicted octanol–water partition coefficient (Wildman–Crippen LogP) is 14.4. The topological polar surface area (TPSA) is 16.4 Å². The van der Waals surface area contributed by atoms with E-state index < -0.39 is 0 Å². The molecule has 2 nitrogen and oxygen atoms in total. The summed E-state index contributed by atoms with van der Waals surface area (Å²) in [5, 5.41) is 7.19. The van der Waals surface area contributed by atoms with E-state index in [0.29, 0.717) is 0 Å². The van der Waals surface area contributed by atoms with Gasteiger partial charge in [0.2, 0.25) is 0 Å². The number of fused-ring (bicyclic) bond motifs is 5. The van der Waals surface area contributed by atoms with Crippen molar-refractivity contribution >= 4 is 60.5 Å². The lowest BCUT2D eigenvalue weighted by molar-refractivity contribution is 0.669. The number of hydrogen-bond donors (Lipinski definition) is 0. The molecule has 0 radical (unpaired) electrons. The minimum atomic E-state index is 0.869. The Hall–Kier alpha value is -6.90. The van der Waals surface area contributed by atoms with Crippen LogP contribution < -0.4 is 4.90 Å². The first-order valence-electron chi connectivity index (χ1n) is 17.8. The van der Waals surface area contributed by atoms with Gasteiger partial charge < -0.3 is 9.32 Å². The molecule has 0 fully saturated rings. The van der Waals surface area contributed by atoms with Crippen molar-refractivity contribution in [3.63, 3.8) is 0 Å². The fourth-order valence-corrected chi connectivity index (χ4v) is 7.84. The smallest absolute Gasteiger partial charge is 0.137 e. The predicted molar refractivity (Wildman–Crippen MR) is 220 cm³/mol. The Bertz CT molecular complexity index is 2890. The first-order valence-corrected chi connectivity index (χ1v) is 17.8. The summed E-state index contributed by atoms with van der Waals surface area (Å²) in [7, 11) is 0. The average molecular weight is 664 g/mol. The summed E-state index contributed by atoms with van der Waals surface area (Å²) in [6.45, 7) is 0. The average Bonchev–Trinajstić information content (AvgIpc) is 3.61. The molecule has 0 amide bonds. The quantitative estimate of drug-likeness (QED) is 0.176. The molecule has 0 saturated heterocycles. The van der Waals surface area contributed by atoms with E-state index in [1.54, 1.807) is 0 Å². The Morgan fingerprint density at radius 1 is 0.308 bits per heavy atom. The maximum Gasteiger partial charge on any atom is 0.137 e. The molecule has 0 N–H and O–H groups in total. The van der Waals surface area contributed by atoms with E-state index in [-0.39, 0.29) is 0 Å². The van der Waals surface area contributed by atoms with Gasteiger partial charge in [0.05, 0.1) is 16.8 Å². The van der Waals surface area contributed by atoms with Gasteiger partial charge in [-0.15, -0.1) is 0 Å². The zero-order valence-corrected chi connectivity index (χ0v) is 28.4. The molecule has 1 heterocycles. The second-order valence-corrected chi connectivity index (χ2v) is 13.3. The van der Waals surface area contributed by atoms with Crippen molar-refractivity contribution < 1.29 is 4.42 Å². The lowest BCUT2D eigenvalue weighted by Gasteiger charge is -2.28. The molecule has 10 aromatic rings. The first-order chi connectivity index (χ1) is 25.8. The Morgan fingerprint density at radius 3 is 1.42 bits per heavy atom. The van der Waals surface area contributed by atoms with E-state index in [0.717, 1.165) is 50.1 Å². The van der Waals surface area contributed by atoms with Gasteiger partial charge in [-0.1, -0.05) is 164 Å². The zero-order valence-electron chi connectivity index (χ0n) is 28.4. The van der Waals surface area contributed by atoms with Crippen LogP contribution in [0.25, 0.3) is 76.9 Å². The van der Waals surface area contributed by atoms with E-state index >= 15 is 0 Å². The van der Waals surface area contributed by atoms with Crippen molar-refractivity contribution in [2.24, 2.45) is 0 Å². The zero-order chi connectivity index (χ0) is 34.4. The minimum absolute atomic E-state index is 0.869. The SMILES string of the molecule is c1ccc(N(c2ccc(-c3cccc4ccccc34)cc2)c2cccc3oc4ccccc4c23)c(-c2ccc(-c3cccc4ccccc34)cc2)c1.